The first kappa shape index (κ1) is 25.3. The van der Waals surface area contributed by atoms with Gasteiger partial charge in [-0.15, -0.1) is 0 Å². The predicted molar refractivity (Wildman–Crippen MR) is 126 cm³/mol. The second kappa shape index (κ2) is 12.2. The van der Waals surface area contributed by atoms with Gasteiger partial charge in [-0.1, -0.05) is 33.8 Å². The van der Waals surface area contributed by atoms with Crippen LogP contribution in [0.5, 0.6) is 0 Å². The van der Waals surface area contributed by atoms with Gasteiger partial charge in [0, 0.05) is 43.3 Å². The molecule has 0 aromatic carbocycles. The van der Waals surface area contributed by atoms with E-state index < -0.39 is 0 Å². The number of aryl methyl sites for hydroxylation is 1. The molecule has 32 heavy (non-hydrogen) atoms. The molecule has 7 heteroatoms. The first-order valence-electron chi connectivity index (χ1n) is 11.7. The molecule has 4 rings (SSSR count). The van der Waals surface area contributed by atoms with Crippen LogP contribution in [-0.2, 0) is 25.5 Å². The van der Waals surface area contributed by atoms with Crippen molar-refractivity contribution >= 4 is 29.7 Å². The largest absolute Gasteiger partial charge is 0.463 e. The molecule has 2 atom stereocenters. The molecule has 1 aliphatic carbocycles. The maximum absolute atomic E-state index is 12.5. The number of amides is 2. The number of carbonyl (C=O) groups excluding carboxylic acids is 3. The molecule has 0 spiro atoms. The molecule has 2 unspecified atom stereocenters. The number of carbonyl (C=O) groups is 3. The van der Waals surface area contributed by atoms with E-state index in [2.05, 4.69) is 10.3 Å². The van der Waals surface area contributed by atoms with Gasteiger partial charge in [-0.25, -0.2) is 9.78 Å². The van der Waals surface area contributed by atoms with E-state index in [0.29, 0.717) is 50.7 Å². The molecule has 0 bridgehead atoms. The average Bonchev–Trinajstić information content (AvgIpc) is 3.40. The molecular formula is C25H35N3O4. The van der Waals surface area contributed by atoms with E-state index in [1.165, 1.54) is 0 Å². The third-order valence-electron chi connectivity index (χ3n) is 5.52. The van der Waals surface area contributed by atoms with Gasteiger partial charge in [-0.05, 0) is 49.0 Å². The van der Waals surface area contributed by atoms with E-state index in [1.54, 1.807) is 25.3 Å². The molecule has 174 valence electrons. The molecular weight excluding hydrogens is 406 g/mol. The highest BCUT2D eigenvalue weighted by atomic mass is 16.5. The summed E-state index contributed by atoms with van der Waals surface area (Å²) in [6.07, 6.45) is 8.76. The fourth-order valence-corrected chi connectivity index (χ4v) is 4.10. The second-order valence-corrected chi connectivity index (χ2v) is 7.44. The van der Waals surface area contributed by atoms with Crippen LogP contribution in [-0.4, -0.2) is 47.4 Å². The zero-order valence-electron chi connectivity index (χ0n) is 19.8. The summed E-state index contributed by atoms with van der Waals surface area (Å²) in [5, 5.41) is 2.75. The number of anilines is 1. The predicted octanol–water partition coefficient (Wildman–Crippen LogP) is 4.00. The van der Waals surface area contributed by atoms with Gasteiger partial charge in [0.1, 0.15) is 5.82 Å². The third kappa shape index (κ3) is 6.05. The van der Waals surface area contributed by atoms with Crippen molar-refractivity contribution in [1.82, 2.24) is 9.88 Å². The Hall–Kier alpha value is -2.96. The van der Waals surface area contributed by atoms with Crippen molar-refractivity contribution < 1.29 is 19.1 Å². The van der Waals surface area contributed by atoms with Gasteiger partial charge in [-0.2, -0.15) is 0 Å². The molecule has 3 aliphatic rings. The number of hydrogen-bond donors (Lipinski definition) is 1. The highest BCUT2D eigenvalue weighted by Crippen LogP contribution is 2.37. The van der Waals surface area contributed by atoms with E-state index in [4.69, 9.17) is 4.74 Å². The summed E-state index contributed by atoms with van der Waals surface area (Å²) in [5.74, 6) is 0.850. The van der Waals surface area contributed by atoms with Crippen LogP contribution in [0.1, 0.15) is 58.6 Å². The number of ether oxygens (including phenoxy) is 1. The van der Waals surface area contributed by atoms with Gasteiger partial charge in [0.25, 0.3) is 0 Å². The maximum Gasteiger partial charge on any atom is 0.333 e. The number of rotatable bonds is 4. The average molecular weight is 442 g/mol. The fourth-order valence-electron chi connectivity index (χ4n) is 4.10. The SMILES string of the molecule is CC.CC.CCOC(=O)C1=CC2CN(C(=O)/C=C/c3cnc4c(c3)CCC(=O)N4)CC2C1. The van der Waals surface area contributed by atoms with Crippen molar-refractivity contribution in [3.05, 3.63) is 41.1 Å². The van der Waals surface area contributed by atoms with E-state index >= 15 is 0 Å². The Balaban J connectivity index is 0.000000860. The van der Waals surface area contributed by atoms with E-state index in [0.717, 1.165) is 16.7 Å². The van der Waals surface area contributed by atoms with Crippen molar-refractivity contribution in [1.29, 1.82) is 0 Å². The topological polar surface area (TPSA) is 88.6 Å². The molecule has 0 saturated carbocycles. The lowest BCUT2D eigenvalue weighted by Gasteiger charge is -2.16. The molecule has 1 saturated heterocycles. The minimum Gasteiger partial charge on any atom is -0.463 e. The number of hydrogen-bond acceptors (Lipinski definition) is 5. The van der Waals surface area contributed by atoms with Crippen molar-refractivity contribution in [2.24, 2.45) is 11.8 Å². The van der Waals surface area contributed by atoms with Gasteiger partial charge < -0.3 is 15.0 Å². The van der Waals surface area contributed by atoms with Crippen molar-refractivity contribution in [2.45, 2.75) is 53.9 Å². The normalized spacial score (nSPS) is 20.7. The number of esters is 1. The second-order valence-electron chi connectivity index (χ2n) is 7.44. The van der Waals surface area contributed by atoms with Gasteiger partial charge in [0.2, 0.25) is 11.8 Å². The zero-order chi connectivity index (χ0) is 23.7. The standard InChI is InChI=1S/C21H23N3O4.2C2H6/c1-2-28-21(27)15-8-16-11-24(12-17(16)9-15)19(26)6-3-13-7-14-4-5-18(25)23-20(14)22-10-13;2*1-2/h3,6-8,10,16-17H,2,4-5,9,11-12H2,1H3,(H,22,23,25);2*1-2H3/b6-3+;;. The van der Waals surface area contributed by atoms with Gasteiger partial charge >= 0.3 is 5.97 Å². The number of aromatic nitrogens is 1. The van der Waals surface area contributed by atoms with Gasteiger partial charge in [0.15, 0.2) is 0 Å². The lowest BCUT2D eigenvalue weighted by molar-refractivity contribution is -0.138. The van der Waals surface area contributed by atoms with Crippen molar-refractivity contribution in [3.8, 4) is 0 Å². The highest BCUT2D eigenvalue weighted by molar-refractivity contribution is 5.94. The van der Waals surface area contributed by atoms with Crippen LogP contribution in [0.25, 0.3) is 6.08 Å². The molecule has 2 aliphatic heterocycles. The zero-order valence-corrected chi connectivity index (χ0v) is 19.8. The minimum atomic E-state index is -0.231. The van der Waals surface area contributed by atoms with Gasteiger partial charge in [0.05, 0.1) is 6.61 Å². The van der Waals surface area contributed by atoms with Crippen LogP contribution in [0.4, 0.5) is 5.82 Å². The van der Waals surface area contributed by atoms with Crippen molar-refractivity contribution in [2.75, 3.05) is 25.0 Å². The van der Waals surface area contributed by atoms with Crippen LogP contribution in [0.15, 0.2) is 30.0 Å². The van der Waals surface area contributed by atoms with E-state index in [1.807, 2.05) is 44.7 Å². The molecule has 0 radical (unpaired) electrons. The van der Waals surface area contributed by atoms with Crippen LogP contribution in [0.3, 0.4) is 0 Å². The molecule has 1 aromatic rings. The first-order valence-corrected chi connectivity index (χ1v) is 11.7. The Morgan fingerprint density at radius 2 is 1.97 bits per heavy atom. The molecule has 2 amide bonds. The number of nitrogens with zero attached hydrogens (tertiary/aromatic N) is 2. The Morgan fingerprint density at radius 3 is 2.66 bits per heavy atom. The highest BCUT2D eigenvalue weighted by Gasteiger charge is 2.39. The number of pyridine rings is 1. The molecule has 1 aromatic heterocycles. The quantitative estimate of drug-likeness (QED) is 0.564. The molecule has 1 fully saturated rings. The molecule has 1 N–H and O–H groups in total. The van der Waals surface area contributed by atoms with Crippen LogP contribution in [0, 0.1) is 11.8 Å². The van der Waals surface area contributed by atoms with Crippen LogP contribution < -0.4 is 5.32 Å². The number of nitrogens with one attached hydrogen (secondary N) is 1. The summed E-state index contributed by atoms with van der Waals surface area (Å²) in [7, 11) is 0. The minimum absolute atomic E-state index is 0.0155. The number of fused-ring (bicyclic) bond motifs is 2. The van der Waals surface area contributed by atoms with E-state index in [-0.39, 0.29) is 23.7 Å². The molecule has 7 nitrogen and oxygen atoms in total. The van der Waals surface area contributed by atoms with E-state index in [9.17, 15) is 14.4 Å². The smallest absolute Gasteiger partial charge is 0.333 e. The molecule has 3 heterocycles. The monoisotopic (exact) mass is 441 g/mol. The van der Waals surface area contributed by atoms with Crippen molar-refractivity contribution in [3.63, 3.8) is 0 Å². The van der Waals surface area contributed by atoms with Crippen LogP contribution in [0.2, 0.25) is 0 Å². The fraction of sp³-hybridized carbons (Fsp3) is 0.520. The van der Waals surface area contributed by atoms with Crippen LogP contribution >= 0.6 is 0 Å². The summed E-state index contributed by atoms with van der Waals surface area (Å²) < 4.78 is 5.07. The summed E-state index contributed by atoms with van der Waals surface area (Å²) in [5.41, 5.74) is 2.57. The summed E-state index contributed by atoms with van der Waals surface area (Å²) in [4.78, 5) is 41.9. The third-order valence-corrected chi connectivity index (χ3v) is 5.52. The van der Waals surface area contributed by atoms with Gasteiger partial charge in [-0.3, -0.25) is 9.59 Å². The lowest BCUT2D eigenvalue weighted by Crippen LogP contribution is -2.27. The number of likely N-dealkylation sites (tertiary alicyclic amines) is 1. The Morgan fingerprint density at radius 1 is 1.22 bits per heavy atom. The lowest BCUT2D eigenvalue weighted by atomic mass is 10.00. The Labute approximate surface area is 190 Å². The Bertz CT molecular complexity index is 891. The summed E-state index contributed by atoms with van der Waals surface area (Å²) in [6, 6.07) is 1.96. The summed E-state index contributed by atoms with van der Waals surface area (Å²) in [6.45, 7) is 11.5. The summed E-state index contributed by atoms with van der Waals surface area (Å²) >= 11 is 0. The Kier molecular flexibility index (Phi) is 9.62. The maximum atomic E-state index is 12.5. The first-order chi connectivity index (χ1) is 15.5.